The highest BCUT2D eigenvalue weighted by Gasteiger charge is 2.14. The minimum atomic E-state index is -0.273. The number of unbranched alkanes of at least 4 members (excludes halogenated alkanes) is 2. The van der Waals surface area contributed by atoms with Crippen LogP contribution in [0.1, 0.15) is 46.0 Å². The molecule has 0 heterocycles. The van der Waals surface area contributed by atoms with Crippen molar-refractivity contribution in [1.82, 2.24) is 5.32 Å². The third-order valence-electron chi connectivity index (χ3n) is 2.20. The summed E-state index contributed by atoms with van der Waals surface area (Å²) in [5.41, 5.74) is 0. The van der Waals surface area contributed by atoms with Crippen LogP contribution in [0.5, 0.6) is 0 Å². The molecule has 0 unspecified atom stereocenters. The van der Waals surface area contributed by atoms with E-state index in [0.29, 0.717) is 0 Å². The Morgan fingerprint density at radius 1 is 1.33 bits per heavy atom. The molecule has 0 aliphatic rings. The van der Waals surface area contributed by atoms with Gasteiger partial charge >= 0.3 is 5.97 Å². The number of carbonyl (C=O) groups is 2. The molecule has 4 heteroatoms. The van der Waals surface area contributed by atoms with Gasteiger partial charge < -0.3 is 10.1 Å². The quantitative estimate of drug-likeness (QED) is 0.519. The van der Waals surface area contributed by atoms with Crippen molar-refractivity contribution in [3.05, 3.63) is 0 Å². The van der Waals surface area contributed by atoms with Crippen molar-refractivity contribution in [2.45, 2.75) is 52.0 Å². The molecule has 0 bridgehead atoms. The predicted octanol–water partition coefficient (Wildman–Crippen LogP) is 1.63. The Bertz CT molecular complexity index is 204. The average molecular weight is 215 g/mol. The van der Waals surface area contributed by atoms with Gasteiger partial charge in [-0.05, 0) is 6.42 Å². The lowest BCUT2D eigenvalue weighted by Gasteiger charge is -2.16. The first-order valence-electron chi connectivity index (χ1n) is 5.44. The molecule has 0 saturated carbocycles. The van der Waals surface area contributed by atoms with E-state index in [-0.39, 0.29) is 24.3 Å². The van der Waals surface area contributed by atoms with Crippen molar-refractivity contribution in [2.75, 3.05) is 7.11 Å². The van der Waals surface area contributed by atoms with E-state index in [1.54, 1.807) is 0 Å². The molecule has 0 rings (SSSR count). The van der Waals surface area contributed by atoms with Gasteiger partial charge in [-0.25, -0.2) is 0 Å². The van der Waals surface area contributed by atoms with E-state index in [0.717, 1.165) is 25.7 Å². The minimum absolute atomic E-state index is 0.0819. The van der Waals surface area contributed by atoms with Crippen LogP contribution in [0.3, 0.4) is 0 Å². The molecule has 0 aliphatic heterocycles. The number of ether oxygens (including phenoxy) is 1. The lowest BCUT2D eigenvalue weighted by Crippen LogP contribution is -2.35. The Labute approximate surface area is 91.4 Å². The Balaban J connectivity index is 3.94. The molecule has 0 spiro atoms. The van der Waals surface area contributed by atoms with Crippen LogP contribution in [-0.2, 0) is 14.3 Å². The van der Waals surface area contributed by atoms with Gasteiger partial charge in [-0.3, -0.25) is 9.59 Å². The molecule has 0 radical (unpaired) electrons. The molecule has 1 N–H and O–H groups in total. The van der Waals surface area contributed by atoms with Gasteiger partial charge in [0.1, 0.15) is 0 Å². The van der Waals surface area contributed by atoms with Gasteiger partial charge in [0, 0.05) is 13.0 Å². The van der Waals surface area contributed by atoms with Crippen LogP contribution in [0.15, 0.2) is 0 Å². The molecule has 0 saturated heterocycles. The molecule has 0 fully saturated rings. The number of carbonyl (C=O) groups excluding carboxylic acids is 2. The molecule has 15 heavy (non-hydrogen) atoms. The number of methoxy groups -OCH3 is 1. The molecular formula is C11H21NO3. The van der Waals surface area contributed by atoms with Gasteiger partial charge in [0.15, 0.2) is 0 Å². The minimum Gasteiger partial charge on any atom is -0.469 e. The standard InChI is InChI=1S/C11H21NO3/c1-4-5-6-7-10(12-9(2)13)8-11(14)15-3/h10H,4-8H2,1-3H3,(H,12,13)/t10-/m1/s1. The van der Waals surface area contributed by atoms with Gasteiger partial charge in [0.25, 0.3) is 0 Å². The smallest absolute Gasteiger partial charge is 0.307 e. The molecule has 1 amide bonds. The van der Waals surface area contributed by atoms with Crippen molar-refractivity contribution < 1.29 is 14.3 Å². The van der Waals surface area contributed by atoms with E-state index in [1.807, 2.05) is 0 Å². The second kappa shape index (κ2) is 8.26. The molecule has 1 atom stereocenters. The summed E-state index contributed by atoms with van der Waals surface area (Å²) < 4.78 is 4.58. The van der Waals surface area contributed by atoms with Gasteiger partial charge in [-0.15, -0.1) is 0 Å². The number of nitrogens with one attached hydrogen (secondary N) is 1. The molecule has 0 aromatic rings. The van der Waals surface area contributed by atoms with Crippen LogP contribution >= 0.6 is 0 Å². The Kier molecular flexibility index (Phi) is 7.68. The van der Waals surface area contributed by atoms with E-state index >= 15 is 0 Å². The van der Waals surface area contributed by atoms with Gasteiger partial charge in [0.05, 0.1) is 13.5 Å². The highest BCUT2D eigenvalue weighted by molar-refractivity contribution is 5.75. The Morgan fingerprint density at radius 3 is 2.47 bits per heavy atom. The molecular weight excluding hydrogens is 194 g/mol. The fourth-order valence-corrected chi connectivity index (χ4v) is 1.44. The highest BCUT2D eigenvalue weighted by Crippen LogP contribution is 2.07. The van der Waals surface area contributed by atoms with Crippen molar-refractivity contribution >= 4 is 11.9 Å². The van der Waals surface area contributed by atoms with E-state index in [1.165, 1.54) is 14.0 Å². The van der Waals surface area contributed by atoms with Crippen LogP contribution in [-0.4, -0.2) is 25.0 Å². The van der Waals surface area contributed by atoms with Crippen molar-refractivity contribution in [3.8, 4) is 0 Å². The molecule has 0 aliphatic carbocycles. The third-order valence-corrected chi connectivity index (χ3v) is 2.20. The van der Waals surface area contributed by atoms with Crippen molar-refractivity contribution in [1.29, 1.82) is 0 Å². The van der Waals surface area contributed by atoms with Crippen LogP contribution in [0.25, 0.3) is 0 Å². The van der Waals surface area contributed by atoms with E-state index in [2.05, 4.69) is 17.0 Å². The van der Waals surface area contributed by atoms with Gasteiger partial charge in [-0.2, -0.15) is 0 Å². The summed E-state index contributed by atoms with van der Waals surface area (Å²) in [6.07, 6.45) is 4.38. The SMILES string of the molecule is CCCCC[C@H](CC(=O)OC)NC(C)=O. The van der Waals surface area contributed by atoms with E-state index < -0.39 is 0 Å². The van der Waals surface area contributed by atoms with Crippen LogP contribution in [0, 0.1) is 0 Å². The summed E-state index contributed by atoms with van der Waals surface area (Å²) in [5, 5.41) is 2.76. The fourth-order valence-electron chi connectivity index (χ4n) is 1.44. The summed E-state index contributed by atoms with van der Waals surface area (Å²) in [4.78, 5) is 22.0. The summed E-state index contributed by atoms with van der Waals surface area (Å²) in [6, 6.07) is -0.0819. The van der Waals surface area contributed by atoms with Crippen molar-refractivity contribution in [3.63, 3.8) is 0 Å². The summed E-state index contributed by atoms with van der Waals surface area (Å²) in [5.74, 6) is -0.370. The fraction of sp³-hybridized carbons (Fsp3) is 0.818. The molecule has 0 aromatic carbocycles. The molecule has 0 aromatic heterocycles. The first kappa shape index (κ1) is 13.9. The third kappa shape index (κ3) is 7.97. The maximum Gasteiger partial charge on any atom is 0.307 e. The summed E-state index contributed by atoms with van der Waals surface area (Å²) in [6.45, 7) is 3.58. The number of rotatable bonds is 7. The molecule has 4 nitrogen and oxygen atoms in total. The van der Waals surface area contributed by atoms with Gasteiger partial charge in [-0.1, -0.05) is 26.2 Å². The van der Waals surface area contributed by atoms with E-state index in [4.69, 9.17) is 0 Å². The monoisotopic (exact) mass is 215 g/mol. The van der Waals surface area contributed by atoms with E-state index in [9.17, 15) is 9.59 Å². The largest absolute Gasteiger partial charge is 0.469 e. The number of esters is 1. The summed E-state index contributed by atoms with van der Waals surface area (Å²) >= 11 is 0. The lowest BCUT2D eigenvalue weighted by molar-refractivity contribution is -0.141. The number of hydrogen-bond acceptors (Lipinski definition) is 3. The first-order valence-corrected chi connectivity index (χ1v) is 5.44. The first-order chi connectivity index (χ1) is 7.10. The van der Waals surface area contributed by atoms with Crippen LogP contribution < -0.4 is 5.32 Å². The average Bonchev–Trinajstić information content (AvgIpc) is 2.17. The highest BCUT2D eigenvalue weighted by atomic mass is 16.5. The predicted molar refractivity (Wildman–Crippen MR) is 58.4 cm³/mol. The van der Waals surface area contributed by atoms with Crippen LogP contribution in [0.4, 0.5) is 0 Å². The Hall–Kier alpha value is -1.06. The zero-order chi connectivity index (χ0) is 11.7. The maximum atomic E-state index is 11.1. The lowest BCUT2D eigenvalue weighted by atomic mass is 10.1. The molecule has 88 valence electrons. The van der Waals surface area contributed by atoms with Crippen molar-refractivity contribution in [2.24, 2.45) is 0 Å². The normalized spacial score (nSPS) is 11.9. The van der Waals surface area contributed by atoms with Crippen LogP contribution in [0.2, 0.25) is 0 Å². The second-order valence-electron chi connectivity index (χ2n) is 3.67. The number of hydrogen-bond donors (Lipinski definition) is 1. The second-order valence-corrected chi connectivity index (χ2v) is 3.67. The number of amides is 1. The zero-order valence-electron chi connectivity index (χ0n) is 9.84. The topological polar surface area (TPSA) is 55.4 Å². The zero-order valence-corrected chi connectivity index (χ0v) is 9.84. The Morgan fingerprint density at radius 2 is 2.00 bits per heavy atom. The maximum absolute atomic E-state index is 11.1. The van der Waals surface area contributed by atoms with Gasteiger partial charge in [0.2, 0.25) is 5.91 Å². The summed E-state index contributed by atoms with van der Waals surface area (Å²) in [7, 11) is 1.36.